The molecule has 0 radical (unpaired) electrons. The number of rotatable bonds is 8. The van der Waals surface area contributed by atoms with E-state index in [1.54, 1.807) is 17.8 Å². The zero-order valence-corrected chi connectivity index (χ0v) is 21.9. The van der Waals surface area contributed by atoms with E-state index >= 15 is 0 Å². The Kier molecular flexibility index (Phi) is 7.89. The first-order chi connectivity index (χ1) is 17.1. The van der Waals surface area contributed by atoms with Crippen molar-refractivity contribution < 1.29 is 27.1 Å². The average molecular weight is 556 g/mol. The molecule has 1 aromatic heterocycles. The topological polar surface area (TPSA) is 90.7 Å². The fourth-order valence-corrected chi connectivity index (χ4v) is 6.01. The van der Waals surface area contributed by atoms with Crippen molar-refractivity contribution in [3.8, 4) is 11.5 Å². The van der Waals surface area contributed by atoms with E-state index in [-0.39, 0.29) is 39.6 Å². The predicted octanol–water partition coefficient (Wildman–Crippen LogP) is 5.38. The fraction of sp³-hybridized carbons (Fsp3) is 0.333. The van der Waals surface area contributed by atoms with Crippen LogP contribution in [0.25, 0.3) is 0 Å². The Hall–Kier alpha value is -2.66. The number of fused-ring (bicyclic) bond motifs is 1. The van der Waals surface area contributed by atoms with E-state index in [0.29, 0.717) is 12.8 Å². The van der Waals surface area contributed by atoms with Crippen LogP contribution in [0.1, 0.15) is 37.1 Å². The fourth-order valence-electron chi connectivity index (χ4n) is 4.16. The maximum Gasteiger partial charge on any atom is 0.327 e. The Bertz CT molecular complexity index is 1400. The first-order valence-corrected chi connectivity index (χ1v) is 13.4. The molecule has 1 aliphatic rings. The van der Waals surface area contributed by atoms with Crippen molar-refractivity contribution >= 4 is 39.2 Å². The second kappa shape index (κ2) is 10.8. The van der Waals surface area contributed by atoms with Crippen LogP contribution in [0.4, 0.5) is 4.39 Å². The normalized spacial score (nSPS) is 15.6. The minimum atomic E-state index is -3.93. The molecule has 0 unspecified atom stereocenters. The zero-order valence-electron chi connectivity index (χ0n) is 19.6. The van der Waals surface area contributed by atoms with Crippen LogP contribution in [0.3, 0.4) is 0 Å². The van der Waals surface area contributed by atoms with Gasteiger partial charge in [0, 0.05) is 24.4 Å². The standard InChI is InChI=1S/C24H24Cl2FN3O5S/c1-3-34-24(31)14-30-22-6-4-5-21(17(22)13-28-30)29(2)36(32,33)16-8-10-23(19(26)12-16)35-15-7-9-20(27)18(25)11-15/h7-13,21H,3-6,14H2,1-2H3/t21-/m1/s1. The summed E-state index contributed by atoms with van der Waals surface area (Å²) in [6, 6.07) is 7.53. The third-order valence-electron chi connectivity index (χ3n) is 5.95. The van der Waals surface area contributed by atoms with E-state index in [4.69, 9.17) is 32.7 Å². The highest BCUT2D eigenvalue weighted by Crippen LogP contribution is 2.38. The van der Waals surface area contributed by atoms with Gasteiger partial charge in [0.2, 0.25) is 10.0 Å². The first kappa shape index (κ1) is 26.4. The molecule has 0 saturated heterocycles. The van der Waals surface area contributed by atoms with Crippen LogP contribution in [0.2, 0.25) is 10.0 Å². The molecule has 0 saturated carbocycles. The summed E-state index contributed by atoms with van der Waals surface area (Å²) in [6.07, 6.45) is 3.64. The van der Waals surface area contributed by atoms with Crippen molar-refractivity contribution in [1.82, 2.24) is 14.1 Å². The van der Waals surface area contributed by atoms with Crippen molar-refractivity contribution in [2.75, 3.05) is 13.7 Å². The second-order valence-electron chi connectivity index (χ2n) is 8.21. The number of nitrogens with zero attached hydrogens (tertiary/aromatic N) is 3. The molecular weight excluding hydrogens is 532 g/mol. The summed E-state index contributed by atoms with van der Waals surface area (Å²) in [5.74, 6) is -0.532. The van der Waals surface area contributed by atoms with Crippen molar-refractivity contribution in [1.29, 1.82) is 0 Å². The Morgan fingerprint density at radius 1 is 1.22 bits per heavy atom. The minimum Gasteiger partial charge on any atom is -0.465 e. The molecule has 0 N–H and O–H groups in total. The van der Waals surface area contributed by atoms with Crippen LogP contribution in [0.15, 0.2) is 47.5 Å². The third kappa shape index (κ3) is 5.36. The molecule has 192 valence electrons. The summed E-state index contributed by atoms with van der Waals surface area (Å²) in [5.41, 5.74) is 1.58. The molecule has 12 heteroatoms. The van der Waals surface area contributed by atoms with Gasteiger partial charge in [-0.15, -0.1) is 0 Å². The molecule has 4 rings (SSSR count). The molecule has 3 aromatic rings. The van der Waals surface area contributed by atoms with Crippen LogP contribution in [0, 0.1) is 5.82 Å². The highest BCUT2D eigenvalue weighted by molar-refractivity contribution is 7.89. The maximum atomic E-state index is 13.5. The number of benzene rings is 2. The van der Waals surface area contributed by atoms with Crippen molar-refractivity contribution in [3.05, 3.63) is 69.7 Å². The van der Waals surface area contributed by atoms with E-state index < -0.39 is 27.9 Å². The van der Waals surface area contributed by atoms with Crippen LogP contribution in [-0.4, -0.2) is 42.1 Å². The molecule has 0 spiro atoms. The molecule has 1 aliphatic carbocycles. The number of ether oxygens (including phenoxy) is 2. The van der Waals surface area contributed by atoms with E-state index in [9.17, 15) is 17.6 Å². The molecule has 0 bridgehead atoms. The number of esters is 1. The Balaban J connectivity index is 1.56. The quantitative estimate of drug-likeness (QED) is 0.346. The Morgan fingerprint density at radius 3 is 2.69 bits per heavy atom. The third-order valence-corrected chi connectivity index (χ3v) is 8.40. The molecule has 0 aliphatic heterocycles. The van der Waals surface area contributed by atoms with Gasteiger partial charge in [0.1, 0.15) is 23.9 Å². The number of hydrogen-bond donors (Lipinski definition) is 0. The lowest BCUT2D eigenvalue weighted by Crippen LogP contribution is -2.33. The van der Waals surface area contributed by atoms with Gasteiger partial charge in [0.25, 0.3) is 0 Å². The SMILES string of the molecule is CCOC(=O)Cn1ncc2c1CCC[C@H]2N(C)S(=O)(=O)c1ccc(Oc2ccc(F)c(Cl)c2)c(Cl)c1. The average Bonchev–Trinajstić information content (AvgIpc) is 3.25. The summed E-state index contributed by atoms with van der Waals surface area (Å²) < 4.78 is 53.9. The molecule has 1 heterocycles. The highest BCUT2D eigenvalue weighted by Gasteiger charge is 2.34. The lowest BCUT2D eigenvalue weighted by atomic mass is 9.93. The molecule has 0 fully saturated rings. The molecule has 2 aromatic carbocycles. The Morgan fingerprint density at radius 2 is 2.00 bits per heavy atom. The largest absolute Gasteiger partial charge is 0.465 e. The second-order valence-corrected chi connectivity index (χ2v) is 11.0. The van der Waals surface area contributed by atoms with Crippen molar-refractivity contribution in [2.24, 2.45) is 0 Å². The van der Waals surface area contributed by atoms with Gasteiger partial charge in [-0.1, -0.05) is 23.2 Å². The van der Waals surface area contributed by atoms with Gasteiger partial charge in [-0.2, -0.15) is 9.40 Å². The van der Waals surface area contributed by atoms with E-state index in [1.165, 1.54) is 41.7 Å². The summed E-state index contributed by atoms with van der Waals surface area (Å²) in [4.78, 5) is 11.9. The first-order valence-electron chi connectivity index (χ1n) is 11.2. The van der Waals surface area contributed by atoms with Crippen molar-refractivity contribution in [3.63, 3.8) is 0 Å². The van der Waals surface area contributed by atoms with Gasteiger partial charge in [-0.3, -0.25) is 9.48 Å². The lowest BCUT2D eigenvalue weighted by Gasteiger charge is -2.31. The number of carbonyl (C=O) groups is 1. The number of carbonyl (C=O) groups excluding carboxylic acids is 1. The van der Waals surface area contributed by atoms with Crippen molar-refractivity contribution in [2.45, 2.75) is 43.7 Å². The molecule has 8 nitrogen and oxygen atoms in total. The van der Waals surface area contributed by atoms with Crippen LogP contribution < -0.4 is 4.74 Å². The van der Waals surface area contributed by atoms with Gasteiger partial charge in [0.05, 0.1) is 33.8 Å². The molecule has 36 heavy (non-hydrogen) atoms. The summed E-state index contributed by atoms with van der Waals surface area (Å²) in [6.45, 7) is 1.98. The molecular formula is C24H24Cl2FN3O5S. The van der Waals surface area contributed by atoms with Crippen LogP contribution in [0.5, 0.6) is 11.5 Å². The lowest BCUT2D eigenvalue weighted by molar-refractivity contribution is -0.144. The summed E-state index contributed by atoms with van der Waals surface area (Å²) in [7, 11) is -2.42. The van der Waals surface area contributed by atoms with Gasteiger partial charge in [-0.05, 0) is 56.5 Å². The van der Waals surface area contributed by atoms with Crippen LogP contribution >= 0.6 is 23.2 Å². The van der Waals surface area contributed by atoms with Gasteiger partial charge in [-0.25, -0.2) is 12.8 Å². The van der Waals surface area contributed by atoms with E-state index in [2.05, 4.69) is 5.10 Å². The predicted molar refractivity (Wildman–Crippen MR) is 132 cm³/mol. The Labute approximate surface area is 218 Å². The highest BCUT2D eigenvalue weighted by atomic mass is 35.5. The summed E-state index contributed by atoms with van der Waals surface area (Å²) >= 11 is 12.1. The van der Waals surface area contributed by atoms with E-state index in [1.807, 2.05) is 0 Å². The molecule has 0 amide bonds. The monoisotopic (exact) mass is 555 g/mol. The van der Waals surface area contributed by atoms with Gasteiger partial charge < -0.3 is 9.47 Å². The number of aromatic nitrogens is 2. The van der Waals surface area contributed by atoms with E-state index in [0.717, 1.165) is 23.7 Å². The smallest absolute Gasteiger partial charge is 0.327 e. The van der Waals surface area contributed by atoms with Gasteiger partial charge in [0.15, 0.2) is 0 Å². The number of hydrogen-bond acceptors (Lipinski definition) is 6. The summed E-state index contributed by atoms with van der Waals surface area (Å²) in [5, 5.41) is 4.27. The minimum absolute atomic E-state index is 0.00877. The van der Waals surface area contributed by atoms with Gasteiger partial charge >= 0.3 is 5.97 Å². The maximum absolute atomic E-state index is 13.5. The zero-order chi connectivity index (χ0) is 26.0. The molecule has 1 atom stereocenters. The number of sulfonamides is 1. The number of halogens is 3. The van der Waals surface area contributed by atoms with Crippen LogP contribution in [-0.2, 0) is 32.5 Å².